The highest BCUT2D eigenvalue weighted by Gasteiger charge is 2.37. The Kier molecular flexibility index (Phi) is 5.89. The molecule has 0 unspecified atom stereocenters. The van der Waals surface area contributed by atoms with Crippen LogP contribution in [0.3, 0.4) is 0 Å². The number of hydrogen-bond acceptors (Lipinski definition) is 4. The van der Waals surface area contributed by atoms with Gasteiger partial charge in [0.1, 0.15) is 11.9 Å². The summed E-state index contributed by atoms with van der Waals surface area (Å²) < 4.78 is 13.1. The first-order chi connectivity index (χ1) is 15.1. The van der Waals surface area contributed by atoms with Crippen LogP contribution in [0.15, 0.2) is 60.8 Å². The number of carbonyl (C=O) groups is 1. The normalized spacial score (nSPS) is 15.0. The van der Waals surface area contributed by atoms with Crippen LogP contribution in [0.5, 0.6) is 0 Å². The van der Waals surface area contributed by atoms with E-state index in [-0.39, 0.29) is 17.7 Å². The fourth-order valence-corrected chi connectivity index (χ4v) is 4.05. The highest BCUT2D eigenvalue weighted by molar-refractivity contribution is 5.90. The molecule has 156 valence electrons. The third-order valence-electron chi connectivity index (χ3n) is 5.63. The first-order valence-electron chi connectivity index (χ1n) is 10.3. The maximum absolute atomic E-state index is 13.1. The van der Waals surface area contributed by atoms with E-state index in [9.17, 15) is 9.18 Å². The predicted molar refractivity (Wildman–Crippen MR) is 116 cm³/mol. The summed E-state index contributed by atoms with van der Waals surface area (Å²) in [4.78, 5) is 21.1. The molecule has 0 aliphatic heterocycles. The van der Waals surface area contributed by atoms with Gasteiger partial charge in [-0.05, 0) is 54.3 Å². The van der Waals surface area contributed by atoms with Crippen molar-refractivity contribution in [1.29, 1.82) is 5.26 Å². The van der Waals surface area contributed by atoms with E-state index in [0.29, 0.717) is 11.4 Å². The summed E-state index contributed by atoms with van der Waals surface area (Å²) in [5.74, 6) is -0.179. The van der Waals surface area contributed by atoms with E-state index < -0.39 is 5.54 Å². The lowest BCUT2D eigenvalue weighted by Gasteiger charge is -2.37. The molecule has 0 atom stereocenters. The number of nitrogens with one attached hydrogen (secondary N) is 2. The van der Waals surface area contributed by atoms with Crippen LogP contribution < -0.4 is 10.6 Å². The van der Waals surface area contributed by atoms with Gasteiger partial charge in [0, 0.05) is 11.9 Å². The molecule has 0 bridgehead atoms. The van der Waals surface area contributed by atoms with Crippen LogP contribution in [-0.2, 0) is 5.54 Å². The zero-order chi connectivity index (χ0) is 21.7. The third-order valence-corrected chi connectivity index (χ3v) is 5.63. The molecule has 1 heterocycles. The predicted octanol–water partition coefficient (Wildman–Crippen LogP) is 5.14. The molecule has 0 spiro atoms. The average molecular weight is 415 g/mol. The zero-order valence-corrected chi connectivity index (χ0v) is 16.9. The minimum atomic E-state index is -0.620. The van der Waals surface area contributed by atoms with Crippen LogP contribution in [0.25, 0.3) is 11.1 Å². The number of urea groups is 1. The number of amides is 2. The Hall–Kier alpha value is -3.79. The standard InChI is InChI=1S/C24H22FN5O/c25-19-8-4-17(5-9-19)18-6-10-20(11-7-18)28-23(31)30-24(13-2-1-3-14-24)21-12-15-27-22(16-26)29-21/h4-12,15H,1-3,13-14H2,(H2,28,30,31). The van der Waals surface area contributed by atoms with E-state index in [4.69, 9.17) is 5.26 Å². The number of carbonyl (C=O) groups excluding carboxylic acids is 1. The monoisotopic (exact) mass is 415 g/mol. The molecule has 1 aliphatic carbocycles. The molecule has 4 rings (SSSR count). The van der Waals surface area contributed by atoms with Crippen molar-refractivity contribution in [3.63, 3.8) is 0 Å². The Bertz CT molecular complexity index is 1100. The van der Waals surface area contributed by atoms with Crippen molar-refractivity contribution in [1.82, 2.24) is 15.3 Å². The van der Waals surface area contributed by atoms with Crippen LogP contribution >= 0.6 is 0 Å². The molecular weight excluding hydrogens is 393 g/mol. The number of hydrogen-bond donors (Lipinski definition) is 2. The lowest BCUT2D eigenvalue weighted by Crippen LogP contribution is -2.49. The number of nitrogens with zero attached hydrogens (tertiary/aromatic N) is 3. The van der Waals surface area contributed by atoms with Gasteiger partial charge in [0.2, 0.25) is 5.82 Å². The van der Waals surface area contributed by atoms with Crippen LogP contribution in [0, 0.1) is 17.1 Å². The molecule has 1 saturated carbocycles. The number of halogens is 1. The minimum Gasteiger partial charge on any atom is -0.327 e. The molecule has 2 N–H and O–H groups in total. The van der Waals surface area contributed by atoms with Gasteiger partial charge in [-0.2, -0.15) is 5.26 Å². The molecule has 0 radical (unpaired) electrons. The van der Waals surface area contributed by atoms with Gasteiger partial charge >= 0.3 is 6.03 Å². The second-order valence-electron chi connectivity index (χ2n) is 7.68. The highest BCUT2D eigenvalue weighted by atomic mass is 19.1. The molecule has 7 heteroatoms. The van der Waals surface area contributed by atoms with Crippen molar-refractivity contribution in [2.24, 2.45) is 0 Å². The van der Waals surface area contributed by atoms with E-state index in [1.165, 1.54) is 12.1 Å². The van der Waals surface area contributed by atoms with Crippen LogP contribution in [-0.4, -0.2) is 16.0 Å². The van der Waals surface area contributed by atoms with Gasteiger partial charge in [-0.3, -0.25) is 0 Å². The summed E-state index contributed by atoms with van der Waals surface area (Å²) in [6.45, 7) is 0. The first-order valence-corrected chi connectivity index (χ1v) is 10.3. The molecule has 1 fully saturated rings. The Morgan fingerprint density at radius 3 is 2.26 bits per heavy atom. The maximum atomic E-state index is 13.1. The van der Waals surface area contributed by atoms with E-state index >= 15 is 0 Å². The Morgan fingerprint density at radius 1 is 0.968 bits per heavy atom. The quantitative estimate of drug-likeness (QED) is 0.618. The molecule has 1 aliphatic rings. The van der Waals surface area contributed by atoms with Crippen molar-refractivity contribution in [2.45, 2.75) is 37.6 Å². The van der Waals surface area contributed by atoms with Crippen LogP contribution in [0.1, 0.15) is 43.6 Å². The minimum absolute atomic E-state index is 0.0982. The van der Waals surface area contributed by atoms with E-state index in [0.717, 1.165) is 43.2 Å². The summed E-state index contributed by atoms with van der Waals surface area (Å²) in [5.41, 5.74) is 2.52. The van der Waals surface area contributed by atoms with Crippen molar-refractivity contribution >= 4 is 11.7 Å². The highest BCUT2D eigenvalue weighted by Crippen LogP contribution is 2.36. The lowest BCUT2D eigenvalue weighted by atomic mass is 9.79. The summed E-state index contributed by atoms with van der Waals surface area (Å²) >= 11 is 0. The molecule has 2 amide bonds. The average Bonchev–Trinajstić information content (AvgIpc) is 2.81. The van der Waals surface area contributed by atoms with Gasteiger partial charge in [-0.15, -0.1) is 0 Å². The largest absolute Gasteiger partial charge is 0.327 e. The summed E-state index contributed by atoms with van der Waals surface area (Å²) in [5, 5.41) is 15.1. The lowest BCUT2D eigenvalue weighted by molar-refractivity contribution is 0.209. The Morgan fingerprint density at radius 2 is 1.61 bits per heavy atom. The molecule has 6 nitrogen and oxygen atoms in total. The zero-order valence-electron chi connectivity index (χ0n) is 16.9. The second kappa shape index (κ2) is 8.92. The van der Waals surface area contributed by atoms with Gasteiger partial charge in [0.05, 0.1) is 11.2 Å². The van der Waals surface area contributed by atoms with E-state index in [2.05, 4.69) is 20.6 Å². The fourth-order valence-electron chi connectivity index (χ4n) is 4.05. The number of anilines is 1. The first kappa shape index (κ1) is 20.5. The van der Waals surface area contributed by atoms with Crippen molar-refractivity contribution < 1.29 is 9.18 Å². The molecule has 31 heavy (non-hydrogen) atoms. The van der Waals surface area contributed by atoms with Gasteiger partial charge in [0.25, 0.3) is 0 Å². The van der Waals surface area contributed by atoms with Crippen molar-refractivity contribution in [2.75, 3.05) is 5.32 Å². The molecule has 2 aromatic carbocycles. The van der Waals surface area contributed by atoms with Crippen molar-refractivity contribution in [3.05, 3.63) is 78.1 Å². The summed E-state index contributed by atoms with van der Waals surface area (Å²) in [6.07, 6.45) is 6.12. The third kappa shape index (κ3) is 4.69. The van der Waals surface area contributed by atoms with Gasteiger partial charge in [0.15, 0.2) is 0 Å². The van der Waals surface area contributed by atoms with Gasteiger partial charge in [-0.25, -0.2) is 19.2 Å². The number of aromatic nitrogens is 2. The number of nitriles is 1. The summed E-state index contributed by atoms with van der Waals surface area (Å²) in [6, 6.07) is 17.1. The van der Waals surface area contributed by atoms with E-state index in [1.807, 2.05) is 30.3 Å². The Balaban J connectivity index is 1.49. The molecule has 0 saturated heterocycles. The smallest absolute Gasteiger partial charge is 0.319 e. The second-order valence-corrected chi connectivity index (χ2v) is 7.68. The van der Waals surface area contributed by atoms with Crippen molar-refractivity contribution in [3.8, 4) is 17.2 Å². The number of benzene rings is 2. The van der Waals surface area contributed by atoms with E-state index in [1.54, 1.807) is 24.4 Å². The Labute approximate surface area is 180 Å². The topological polar surface area (TPSA) is 90.7 Å². The molecule has 3 aromatic rings. The van der Waals surface area contributed by atoms with Crippen LogP contribution in [0.2, 0.25) is 0 Å². The number of rotatable bonds is 4. The van der Waals surface area contributed by atoms with Gasteiger partial charge in [-0.1, -0.05) is 43.5 Å². The molecule has 1 aromatic heterocycles. The fraction of sp³-hybridized carbons (Fsp3) is 0.250. The molecular formula is C24H22FN5O. The summed E-state index contributed by atoms with van der Waals surface area (Å²) in [7, 11) is 0. The SMILES string of the molecule is N#Cc1nccc(C2(NC(=O)Nc3ccc(-c4ccc(F)cc4)cc3)CCCCC2)n1. The van der Waals surface area contributed by atoms with Crippen LogP contribution in [0.4, 0.5) is 14.9 Å². The van der Waals surface area contributed by atoms with Gasteiger partial charge < -0.3 is 10.6 Å². The maximum Gasteiger partial charge on any atom is 0.319 e.